The van der Waals surface area contributed by atoms with Gasteiger partial charge in [-0.2, -0.15) is 0 Å². The zero-order chi connectivity index (χ0) is 15.0. The zero-order valence-corrected chi connectivity index (χ0v) is 13.0. The maximum absolute atomic E-state index is 9.44. The summed E-state index contributed by atoms with van der Waals surface area (Å²) in [6, 6.07) is 1.97. The normalized spacial score (nSPS) is 25.0. The van der Waals surface area contributed by atoms with Crippen LogP contribution in [0.4, 0.5) is 11.6 Å². The Kier molecular flexibility index (Phi) is 3.75. The van der Waals surface area contributed by atoms with E-state index in [2.05, 4.69) is 15.2 Å². The summed E-state index contributed by atoms with van der Waals surface area (Å²) in [5.74, 6) is 3.22. The molecule has 1 aromatic rings. The van der Waals surface area contributed by atoms with E-state index >= 15 is 0 Å². The molecular formula is C15H24N4O2. The summed E-state index contributed by atoms with van der Waals surface area (Å²) in [5, 5.41) is 12.6. The lowest BCUT2D eigenvalue weighted by atomic mass is 10.1. The number of nitrogens with zero attached hydrogens (tertiary/aromatic N) is 3. The van der Waals surface area contributed by atoms with E-state index in [-0.39, 0.29) is 18.3 Å². The average Bonchev–Trinajstić information content (AvgIpc) is 3.29. The van der Waals surface area contributed by atoms with E-state index in [1.807, 2.05) is 27.0 Å². The van der Waals surface area contributed by atoms with Crippen LogP contribution >= 0.6 is 0 Å². The van der Waals surface area contributed by atoms with Crippen molar-refractivity contribution in [2.75, 3.05) is 37.0 Å². The van der Waals surface area contributed by atoms with Crippen molar-refractivity contribution in [3.8, 4) is 0 Å². The third kappa shape index (κ3) is 3.27. The molecule has 6 nitrogen and oxygen atoms in total. The van der Waals surface area contributed by atoms with Crippen molar-refractivity contribution < 1.29 is 9.84 Å². The first-order chi connectivity index (χ1) is 10.0. The molecule has 6 heteroatoms. The van der Waals surface area contributed by atoms with Gasteiger partial charge in [0.2, 0.25) is 0 Å². The molecule has 1 saturated carbocycles. The number of anilines is 2. The van der Waals surface area contributed by atoms with Crippen molar-refractivity contribution in [2.45, 2.75) is 44.3 Å². The summed E-state index contributed by atoms with van der Waals surface area (Å²) >= 11 is 0. The van der Waals surface area contributed by atoms with E-state index in [1.165, 1.54) is 12.8 Å². The number of nitrogens with one attached hydrogen (secondary N) is 1. The third-order valence-corrected chi connectivity index (χ3v) is 3.94. The molecule has 0 aromatic carbocycles. The van der Waals surface area contributed by atoms with Crippen molar-refractivity contribution in [1.29, 1.82) is 0 Å². The molecule has 0 bridgehead atoms. The van der Waals surface area contributed by atoms with Gasteiger partial charge >= 0.3 is 0 Å². The first-order valence-electron chi connectivity index (χ1n) is 7.61. The van der Waals surface area contributed by atoms with Crippen LogP contribution in [0, 0.1) is 0 Å². The Labute approximate surface area is 125 Å². The van der Waals surface area contributed by atoms with Crippen LogP contribution in [0.2, 0.25) is 0 Å². The Bertz CT molecular complexity index is 516. The van der Waals surface area contributed by atoms with E-state index < -0.39 is 0 Å². The standard InChI is InChI=1S/C15H24N4O2/c1-15(2)9-19(7-11(8-20)21-15)13-6-12(16-3)17-14(18-13)10-4-5-10/h6,10-11,20H,4-5,7-9H2,1-3H3,(H,16,17,18). The van der Waals surface area contributed by atoms with E-state index in [0.717, 1.165) is 24.0 Å². The highest BCUT2D eigenvalue weighted by atomic mass is 16.5. The maximum Gasteiger partial charge on any atom is 0.136 e. The summed E-state index contributed by atoms with van der Waals surface area (Å²) in [5.41, 5.74) is -0.295. The molecule has 3 rings (SSSR count). The fraction of sp³-hybridized carbons (Fsp3) is 0.733. The number of aromatic nitrogens is 2. The van der Waals surface area contributed by atoms with Gasteiger partial charge in [-0.1, -0.05) is 0 Å². The predicted octanol–water partition coefficient (Wildman–Crippen LogP) is 1.37. The number of hydrogen-bond donors (Lipinski definition) is 2. The van der Waals surface area contributed by atoms with Crippen LogP contribution in [-0.2, 0) is 4.74 Å². The van der Waals surface area contributed by atoms with Crippen molar-refractivity contribution in [2.24, 2.45) is 0 Å². The third-order valence-electron chi connectivity index (χ3n) is 3.94. The highest BCUT2D eigenvalue weighted by Crippen LogP contribution is 2.39. The van der Waals surface area contributed by atoms with Crippen LogP contribution in [0.15, 0.2) is 6.07 Å². The number of hydrogen-bond acceptors (Lipinski definition) is 6. The molecular weight excluding hydrogens is 268 g/mol. The number of aliphatic hydroxyl groups is 1. The van der Waals surface area contributed by atoms with Gasteiger partial charge < -0.3 is 20.1 Å². The topological polar surface area (TPSA) is 70.5 Å². The van der Waals surface area contributed by atoms with Gasteiger partial charge in [-0.05, 0) is 26.7 Å². The minimum absolute atomic E-state index is 0.0272. The summed E-state index contributed by atoms with van der Waals surface area (Å²) in [4.78, 5) is 11.5. The fourth-order valence-corrected chi connectivity index (χ4v) is 2.83. The molecule has 2 heterocycles. The average molecular weight is 292 g/mol. The molecule has 2 N–H and O–H groups in total. The second kappa shape index (κ2) is 5.42. The summed E-state index contributed by atoms with van der Waals surface area (Å²) < 4.78 is 5.87. The second-order valence-electron chi connectivity index (χ2n) is 6.56. The Morgan fingerprint density at radius 3 is 2.81 bits per heavy atom. The van der Waals surface area contributed by atoms with Gasteiger partial charge in [0, 0.05) is 32.1 Å². The van der Waals surface area contributed by atoms with Crippen LogP contribution in [-0.4, -0.2) is 53.5 Å². The van der Waals surface area contributed by atoms with Gasteiger partial charge in [0.1, 0.15) is 17.5 Å². The molecule has 21 heavy (non-hydrogen) atoms. The monoisotopic (exact) mass is 292 g/mol. The van der Waals surface area contributed by atoms with Crippen LogP contribution in [0.3, 0.4) is 0 Å². The van der Waals surface area contributed by atoms with Gasteiger partial charge in [0.25, 0.3) is 0 Å². The van der Waals surface area contributed by atoms with Gasteiger partial charge in [-0.15, -0.1) is 0 Å². The molecule has 0 amide bonds. The van der Waals surface area contributed by atoms with Gasteiger partial charge in [-0.3, -0.25) is 0 Å². The largest absolute Gasteiger partial charge is 0.394 e. The molecule has 1 aliphatic carbocycles. The first kappa shape index (κ1) is 14.5. The number of rotatable bonds is 4. The predicted molar refractivity (Wildman–Crippen MR) is 81.8 cm³/mol. The van der Waals surface area contributed by atoms with Gasteiger partial charge in [0.05, 0.1) is 18.3 Å². The second-order valence-corrected chi connectivity index (χ2v) is 6.56. The molecule has 2 aliphatic rings. The van der Waals surface area contributed by atoms with E-state index in [1.54, 1.807) is 0 Å². The van der Waals surface area contributed by atoms with E-state index in [9.17, 15) is 5.11 Å². The molecule has 1 saturated heterocycles. The summed E-state index contributed by atoms with van der Waals surface area (Å²) in [6.45, 7) is 5.53. The highest BCUT2D eigenvalue weighted by molar-refractivity contribution is 5.50. The van der Waals surface area contributed by atoms with Crippen molar-refractivity contribution >= 4 is 11.6 Å². The Morgan fingerprint density at radius 1 is 1.43 bits per heavy atom. The minimum atomic E-state index is -0.295. The molecule has 1 aromatic heterocycles. The minimum Gasteiger partial charge on any atom is -0.394 e. The number of aliphatic hydroxyl groups excluding tert-OH is 1. The smallest absolute Gasteiger partial charge is 0.136 e. The van der Waals surface area contributed by atoms with Crippen LogP contribution in [0.5, 0.6) is 0 Å². The molecule has 1 unspecified atom stereocenters. The molecule has 116 valence electrons. The number of morpholine rings is 1. The van der Waals surface area contributed by atoms with Crippen LogP contribution < -0.4 is 10.2 Å². The SMILES string of the molecule is CNc1cc(N2CC(CO)OC(C)(C)C2)nc(C2CC2)n1. The lowest BCUT2D eigenvalue weighted by Gasteiger charge is -2.42. The molecule has 2 fully saturated rings. The number of ether oxygens (including phenoxy) is 1. The van der Waals surface area contributed by atoms with Crippen molar-refractivity contribution in [3.63, 3.8) is 0 Å². The summed E-state index contributed by atoms with van der Waals surface area (Å²) in [7, 11) is 1.88. The highest BCUT2D eigenvalue weighted by Gasteiger charge is 2.35. The van der Waals surface area contributed by atoms with Gasteiger partial charge in [-0.25, -0.2) is 9.97 Å². The van der Waals surface area contributed by atoms with Gasteiger partial charge in [0.15, 0.2) is 0 Å². The van der Waals surface area contributed by atoms with Crippen molar-refractivity contribution in [1.82, 2.24) is 9.97 Å². The van der Waals surface area contributed by atoms with Crippen LogP contribution in [0.25, 0.3) is 0 Å². The molecule has 1 atom stereocenters. The molecule has 0 radical (unpaired) electrons. The Balaban J connectivity index is 1.89. The van der Waals surface area contributed by atoms with Crippen molar-refractivity contribution in [3.05, 3.63) is 11.9 Å². The summed E-state index contributed by atoms with van der Waals surface area (Å²) in [6.07, 6.45) is 2.19. The van der Waals surface area contributed by atoms with Crippen LogP contribution in [0.1, 0.15) is 38.4 Å². The zero-order valence-electron chi connectivity index (χ0n) is 13.0. The van der Waals surface area contributed by atoms with E-state index in [4.69, 9.17) is 9.72 Å². The lowest BCUT2D eigenvalue weighted by molar-refractivity contribution is -0.101. The van der Waals surface area contributed by atoms with E-state index in [0.29, 0.717) is 12.5 Å². The fourth-order valence-electron chi connectivity index (χ4n) is 2.83. The lowest BCUT2D eigenvalue weighted by Crippen LogP contribution is -2.54. The molecule has 0 spiro atoms. The molecule has 1 aliphatic heterocycles. The Morgan fingerprint density at radius 2 is 2.19 bits per heavy atom. The first-order valence-corrected chi connectivity index (χ1v) is 7.61. The quantitative estimate of drug-likeness (QED) is 0.873. The Hall–Kier alpha value is -1.40. The maximum atomic E-state index is 9.44.